The summed E-state index contributed by atoms with van der Waals surface area (Å²) >= 11 is 0. The summed E-state index contributed by atoms with van der Waals surface area (Å²) < 4.78 is 0. The molecule has 2 atom stereocenters. The highest BCUT2D eigenvalue weighted by atomic mass is 16.4. The molecule has 0 aliphatic carbocycles. The predicted molar refractivity (Wildman–Crippen MR) is 57.6 cm³/mol. The van der Waals surface area contributed by atoms with E-state index in [0.717, 1.165) is 0 Å². The minimum Gasteiger partial charge on any atom is -0.481 e. The lowest BCUT2D eigenvalue weighted by Gasteiger charge is -2.23. The van der Waals surface area contributed by atoms with E-state index in [9.17, 15) is 19.2 Å². The summed E-state index contributed by atoms with van der Waals surface area (Å²) in [4.78, 5) is 43.8. The van der Waals surface area contributed by atoms with Crippen LogP contribution in [0.4, 0.5) is 0 Å². The van der Waals surface area contributed by atoms with Gasteiger partial charge in [0.1, 0.15) is 6.04 Å². The molecule has 1 fully saturated rings. The van der Waals surface area contributed by atoms with Gasteiger partial charge in [-0.25, -0.2) is 4.79 Å². The normalized spacial score (nSPS) is 20.7. The van der Waals surface area contributed by atoms with E-state index in [-0.39, 0.29) is 18.9 Å². The fraction of sp³-hybridized carbons (Fsp3) is 0.600. The summed E-state index contributed by atoms with van der Waals surface area (Å²) in [5.74, 6) is -3.92. The van der Waals surface area contributed by atoms with Crippen molar-refractivity contribution in [2.24, 2.45) is 5.92 Å². The first-order valence-electron chi connectivity index (χ1n) is 5.42. The van der Waals surface area contributed by atoms with Crippen LogP contribution in [0.15, 0.2) is 0 Å². The lowest BCUT2D eigenvalue weighted by molar-refractivity contribution is -0.147. The summed E-state index contributed by atoms with van der Waals surface area (Å²) in [6.07, 6.45) is -0.147. The van der Waals surface area contributed by atoms with Gasteiger partial charge in [-0.1, -0.05) is 0 Å². The first kappa shape index (κ1) is 13.9. The Bertz CT molecular complexity index is 371. The monoisotopic (exact) mass is 258 g/mol. The van der Waals surface area contributed by atoms with Crippen molar-refractivity contribution in [1.82, 2.24) is 10.6 Å². The molecule has 100 valence electrons. The summed E-state index contributed by atoms with van der Waals surface area (Å²) in [6, 6.07) is -1.45. The van der Waals surface area contributed by atoms with Gasteiger partial charge in [-0.2, -0.15) is 0 Å². The zero-order valence-electron chi connectivity index (χ0n) is 9.51. The molecular formula is C10H14N2O6. The van der Waals surface area contributed by atoms with Gasteiger partial charge in [0.15, 0.2) is 0 Å². The SMILES string of the molecule is O=C(O)C[C@H](NC(=O)C1CCC(=O)NC1)C(=O)O. The smallest absolute Gasteiger partial charge is 0.326 e. The minimum atomic E-state index is -1.45. The fourth-order valence-electron chi connectivity index (χ4n) is 1.62. The molecule has 0 bridgehead atoms. The Morgan fingerprint density at radius 1 is 1.39 bits per heavy atom. The van der Waals surface area contributed by atoms with Gasteiger partial charge >= 0.3 is 11.9 Å². The Morgan fingerprint density at radius 2 is 2.06 bits per heavy atom. The number of carbonyl (C=O) groups is 4. The Balaban J connectivity index is 2.53. The highest BCUT2D eigenvalue weighted by Gasteiger charge is 2.29. The molecule has 18 heavy (non-hydrogen) atoms. The molecule has 0 aromatic carbocycles. The number of carbonyl (C=O) groups excluding carboxylic acids is 2. The average molecular weight is 258 g/mol. The molecule has 1 aliphatic rings. The fourth-order valence-corrected chi connectivity index (χ4v) is 1.62. The van der Waals surface area contributed by atoms with E-state index in [4.69, 9.17) is 10.2 Å². The zero-order chi connectivity index (χ0) is 13.7. The van der Waals surface area contributed by atoms with Crippen LogP contribution < -0.4 is 10.6 Å². The average Bonchev–Trinajstić information content (AvgIpc) is 2.28. The summed E-state index contributed by atoms with van der Waals surface area (Å²) in [7, 11) is 0. The zero-order valence-corrected chi connectivity index (χ0v) is 9.51. The van der Waals surface area contributed by atoms with Crippen LogP contribution in [0.25, 0.3) is 0 Å². The topological polar surface area (TPSA) is 133 Å². The molecule has 4 N–H and O–H groups in total. The van der Waals surface area contributed by atoms with Gasteiger partial charge in [0.25, 0.3) is 0 Å². The minimum absolute atomic E-state index is 0.143. The van der Waals surface area contributed by atoms with Crippen molar-refractivity contribution in [3.63, 3.8) is 0 Å². The van der Waals surface area contributed by atoms with Crippen molar-refractivity contribution >= 4 is 23.8 Å². The number of carboxylic acids is 2. The van der Waals surface area contributed by atoms with E-state index >= 15 is 0 Å². The molecule has 1 saturated heterocycles. The molecule has 8 nitrogen and oxygen atoms in total. The van der Waals surface area contributed by atoms with Crippen LogP contribution in [0.3, 0.4) is 0 Å². The standard InChI is InChI=1S/C10H14N2O6/c13-7-2-1-5(4-11-7)9(16)12-6(10(17)18)3-8(14)15/h5-6H,1-4H2,(H,11,13)(H,12,16)(H,14,15)(H,17,18)/t5?,6-/m0/s1. The third-order valence-corrected chi connectivity index (χ3v) is 2.63. The molecular weight excluding hydrogens is 244 g/mol. The Kier molecular flexibility index (Phi) is 4.64. The first-order chi connectivity index (χ1) is 8.40. The highest BCUT2D eigenvalue weighted by molar-refractivity contribution is 5.89. The number of hydrogen-bond donors (Lipinski definition) is 4. The van der Waals surface area contributed by atoms with Gasteiger partial charge in [-0.15, -0.1) is 0 Å². The molecule has 1 aliphatic heterocycles. The van der Waals surface area contributed by atoms with Crippen molar-refractivity contribution in [3.05, 3.63) is 0 Å². The molecule has 0 aromatic rings. The second kappa shape index (κ2) is 5.99. The van der Waals surface area contributed by atoms with E-state index in [1.807, 2.05) is 0 Å². The van der Waals surface area contributed by atoms with Crippen LogP contribution in [-0.4, -0.2) is 46.6 Å². The second-order valence-corrected chi connectivity index (χ2v) is 4.04. The van der Waals surface area contributed by atoms with E-state index < -0.39 is 36.2 Å². The van der Waals surface area contributed by atoms with Crippen molar-refractivity contribution in [2.75, 3.05) is 6.54 Å². The van der Waals surface area contributed by atoms with Crippen LogP contribution in [0.2, 0.25) is 0 Å². The number of nitrogens with one attached hydrogen (secondary N) is 2. The second-order valence-electron chi connectivity index (χ2n) is 4.04. The molecule has 0 aromatic heterocycles. The van der Waals surface area contributed by atoms with Crippen LogP contribution in [0, 0.1) is 5.92 Å². The van der Waals surface area contributed by atoms with Gasteiger partial charge in [-0.3, -0.25) is 14.4 Å². The van der Waals surface area contributed by atoms with E-state index in [1.165, 1.54) is 0 Å². The van der Waals surface area contributed by atoms with Crippen molar-refractivity contribution < 1.29 is 29.4 Å². The van der Waals surface area contributed by atoms with Crippen molar-refractivity contribution in [3.8, 4) is 0 Å². The number of amides is 2. The lowest BCUT2D eigenvalue weighted by Crippen LogP contribution is -2.48. The van der Waals surface area contributed by atoms with Gasteiger partial charge in [0.2, 0.25) is 11.8 Å². The first-order valence-corrected chi connectivity index (χ1v) is 5.42. The number of hydrogen-bond acceptors (Lipinski definition) is 4. The van der Waals surface area contributed by atoms with Crippen LogP contribution >= 0.6 is 0 Å². The lowest BCUT2D eigenvalue weighted by atomic mass is 9.98. The summed E-state index contributed by atoms with van der Waals surface area (Å²) in [5, 5.41) is 21.9. The van der Waals surface area contributed by atoms with Gasteiger partial charge in [-0.05, 0) is 6.42 Å². The molecule has 2 amide bonds. The maximum Gasteiger partial charge on any atom is 0.326 e. The van der Waals surface area contributed by atoms with E-state index in [2.05, 4.69) is 10.6 Å². The van der Waals surface area contributed by atoms with Crippen LogP contribution in [0.1, 0.15) is 19.3 Å². The maximum atomic E-state index is 11.7. The quantitative estimate of drug-likeness (QED) is 0.477. The van der Waals surface area contributed by atoms with Gasteiger partial charge < -0.3 is 20.8 Å². The molecule has 1 unspecified atom stereocenters. The maximum absolute atomic E-state index is 11.7. The summed E-state index contributed by atoms with van der Waals surface area (Å²) in [5.41, 5.74) is 0. The molecule has 1 heterocycles. The molecule has 1 rings (SSSR count). The third-order valence-electron chi connectivity index (χ3n) is 2.63. The van der Waals surface area contributed by atoms with Crippen molar-refractivity contribution in [1.29, 1.82) is 0 Å². The van der Waals surface area contributed by atoms with Gasteiger partial charge in [0.05, 0.1) is 12.3 Å². The highest BCUT2D eigenvalue weighted by Crippen LogP contribution is 2.11. The summed E-state index contributed by atoms with van der Waals surface area (Å²) in [6.45, 7) is 0.143. The predicted octanol–water partition coefficient (Wildman–Crippen LogP) is -1.44. The van der Waals surface area contributed by atoms with Gasteiger partial charge in [0, 0.05) is 13.0 Å². The Morgan fingerprint density at radius 3 is 2.50 bits per heavy atom. The van der Waals surface area contributed by atoms with Crippen molar-refractivity contribution in [2.45, 2.75) is 25.3 Å². The van der Waals surface area contributed by atoms with Crippen LogP contribution in [0.5, 0.6) is 0 Å². The number of piperidine rings is 1. The van der Waals surface area contributed by atoms with E-state index in [1.54, 1.807) is 0 Å². The number of carboxylic acid groups (broad SMARTS) is 2. The van der Waals surface area contributed by atoms with Crippen LogP contribution in [-0.2, 0) is 19.2 Å². The Labute approximate surface area is 102 Å². The Hall–Kier alpha value is -2.12. The number of rotatable bonds is 5. The molecule has 0 radical (unpaired) electrons. The van der Waals surface area contributed by atoms with E-state index in [0.29, 0.717) is 6.42 Å². The largest absolute Gasteiger partial charge is 0.481 e. The molecule has 8 heteroatoms. The molecule has 0 saturated carbocycles. The number of aliphatic carboxylic acids is 2. The molecule has 0 spiro atoms. The third kappa shape index (κ3) is 4.04.